The number of hydrogen-bond donors (Lipinski definition) is 0. The van der Waals surface area contributed by atoms with Crippen LogP contribution < -0.4 is 0 Å². The first-order chi connectivity index (χ1) is 10.9. The van der Waals surface area contributed by atoms with Crippen molar-refractivity contribution in [1.29, 1.82) is 0 Å². The Morgan fingerprint density at radius 1 is 1.17 bits per heavy atom. The zero-order chi connectivity index (χ0) is 16.6. The first-order valence-corrected chi connectivity index (χ1v) is 10.0. The molecule has 23 heavy (non-hydrogen) atoms. The summed E-state index contributed by atoms with van der Waals surface area (Å²) in [6.45, 7) is 7.31. The molecule has 1 aromatic rings. The van der Waals surface area contributed by atoms with Gasteiger partial charge in [0, 0.05) is 10.8 Å². The number of aliphatic imine (C=N–C) groups is 1. The number of halogens is 1. The summed E-state index contributed by atoms with van der Waals surface area (Å²) >= 11 is 4.14. The molecule has 1 aliphatic carbocycles. The zero-order valence-corrected chi connectivity index (χ0v) is 16.9. The van der Waals surface area contributed by atoms with Gasteiger partial charge in [-0.15, -0.1) is 11.8 Å². The van der Waals surface area contributed by atoms with Crippen molar-refractivity contribution < 1.29 is 4.74 Å². The lowest BCUT2D eigenvalue weighted by atomic mass is 9.87. The molecule has 0 saturated heterocycles. The predicted molar refractivity (Wildman–Crippen MR) is 106 cm³/mol. The molecule has 0 spiro atoms. The second-order valence-corrected chi connectivity index (χ2v) is 8.87. The van der Waals surface area contributed by atoms with Crippen LogP contribution in [0.15, 0.2) is 34.2 Å². The van der Waals surface area contributed by atoms with Crippen molar-refractivity contribution in [1.82, 2.24) is 0 Å². The van der Waals surface area contributed by atoms with Gasteiger partial charge in [0.2, 0.25) is 0 Å². The summed E-state index contributed by atoms with van der Waals surface area (Å²) in [6.07, 6.45) is 6.41. The fraction of sp³-hybridized carbons (Fsp3) is 0.368. The molecule has 5 radical (unpaired) electrons. The summed E-state index contributed by atoms with van der Waals surface area (Å²) in [7, 11) is 0. The Morgan fingerprint density at radius 3 is 2.43 bits per heavy atom. The second-order valence-electron chi connectivity index (χ2n) is 6.83. The standard InChI is InChI=1S/C19H21INOS/c1-19(2,3)16-11-22-18(21-16)17-14(9-10-15(17)20)12-5-7-13(23-4)8-6-12/h5-10,16H,11H2,1-4H3/t16-/m1/s1. The molecule has 4 heteroatoms. The Labute approximate surface area is 158 Å². The molecule has 0 bridgehead atoms. The molecule has 2 aliphatic rings. The number of nitrogens with zero attached hydrogens (tertiary/aromatic N) is 1. The second kappa shape index (κ2) is 6.95. The number of ether oxygens (including phenoxy) is 1. The molecule has 1 fully saturated rings. The van der Waals surface area contributed by atoms with E-state index in [0.717, 1.165) is 11.8 Å². The van der Waals surface area contributed by atoms with Gasteiger partial charge in [-0.05, 0) is 42.2 Å². The third-order valence-corrected chi connectivity index (χ3v) is 5.81. The summed E-state index contributed by atoms with van der Waals surface area (Å²) < 4.78 is 7.16. The Balaban J connectivity index is 1.84. The van der Waals surface area contributed by atoms with Crippen LogP contribution in [0.2, 0.25) is 0 Å². The lowest BCUT2D eigenvalue weighted by molar-refractivity contribution is 0.234. The average Bonchev–Trinajstić information content (AvgIpc) is 3.13. The van der Waals surface area contributed by atoms with Gasteiger partial charge in [0.1, 0.15) is 6.61 Å². The minimum absolute atomic E-state index is 0.125. The van der Waals surface area contributed by atoms with Gasteiger partial charge in [-0.1, -0.05) is 55.5 Å². The van der Waals surface area contributed by atoms with Gasteiger partial charge in [-0.3, -0.25) is 0 Å². The third-order valence-electron chi connectivity index (χ3n) is 4.17. The van der Waals surface area contributed by atoms with Crippen molar-refractivity contribution in [2.75, 3.05) is 12.9 Å². The van der Waals surface area contributed by atoms with Crippen molar-refractivity contribution in [3.63, 3.8) is 0 Å². The predicted octanol–water partition coefficient (Wildman–Crippen LogP) is 5.14. The van der Waals surface area contributed by atoms with E-state index in [2.05, 4.69) is 86.7 Å². The third kappa shape index (κ3) is 3.73. The van der Waals surface area contributed by atoms with Crippen molar-refractivity contribution in [3.05, 3.63) is 58.4 Å². The van der Waals surface area contributed by atoms with Gasteiger partial charge in [0.05, 0.1) is 15.9 Å². The van der Waals surface area contributed by atoms with Crippen molar-refractivity contribution in [2.24, 2.45) is 10.4 Å². The monoisotopic (exact) mass is 438 g/mol. The first kappa shape index (κ1) is 17.6. The van der Waals surface area contributed by atoms with Crippen LogP contribution in [0.1, 0.15) is 26.3 Å². The highest BCUT2D eigenvalue weighted by Gasteiger charge is 2.45. The summed E-state index contributed by atoms with van der Waals surface area (Å²) in [4.78, 5) is 6.14. The van der Waals surface area contributed by atoms with Crippen LogP contribution in [0.4, 0.5) is 0 Å². The summed E-state index contributed by atoms with van der Waals surface area (Å²) in [5, 5.41) is 0. The van der Waals surface area contributed by atoms with Crippen LogP contribution in [-0.4, -0.2) is 24.8 Å². The van der Waals surface area contributed by atoms with E-state index >= 15 is 0 Å². The van der Waals surface area contributed by atoms with E-state index in [9.17, 15) is 0 Å². The molecule has 0 amide bonds. The van der Waals surface area contributed by atoms with E-state index in [-0.39, 0.29) is 11.5 Å². The van der Waals surface area contributed by atoms with E-state index in [1.807, 2.05) is 0 Å². The van der Waals surface area contributed by atoms with E-state index in [0.29, 0.717) is 6.61 Å². The lowest BCUT2D eigenvalue weighted by Crippen LogP contribution is -2.25. The maximum absolute atomic E-state index is 5.97. The van der Waals surface area contributed by atoms with Crippen LogP contribution in [0, 0.1) is 34.0 Å². The molecular formula is C19H21INOS. The Kier molecular flexibility index (Phi) is 5.31. The topological polar surface area (TPSA) is 21.6 Å². The summed E-state index contributed by atoms with van der Waals surface area (Å²) in [5.74, 6) is 3.13. The number of benzene rings is 1. The van der Waals surface area contributed by atoms with Crippen LogP contribution >= 0.6 is 34.4 Å². The first-order valence-electron chi connectivity index (χ1n) is 7.70. The Morgan fingerprint density at radius 2 is 1.87 bits per heavy atom. The Hall–Kier alpha value is -0.230. The molecule has 0 aromatic heterocycles. The fourth-order valence-electron chi connectivity index (χ4n) is 2.63. The summed E-state index contributed by atoms with van der Waals surface area (Å²) in [5.41, 5.74) is 1.34. The molecule has 0 N–H and O–H groups in total. The van der Waals surface area contributed by atoms with Gasteiger partial charge < -0.3 is 4.74 Å². The van der Waals surface area contributed by atoms with E-state index in [4.69, 9.17) is 9.73 Å². The highest BCUT2D eigenvalue weighted by molar-refractivity contribution is 14.1. The van der Waals surface area contributed by atoms with Gasteiger partial charge in [0.25, 0.3) is 0 Å². The quantitative estimate of drug-likeness (QED) is 0.482. The average molecular weight is 438 g/mol. The molecule has 1 aliphatic heterocycles. The molecule has 1 aromatic carbocycles. The minimum atomic E-state index is 0.125. The molecule has 0 unspecified atom stereocenters. The van der Waals surface area contributed by atoms with Crippen molar-refractivity contribution in [2.45, 2.75) is 31.7 Å². The fourth-order valence-corrected chi connectivity index (χ4v) is 3.74. The highest BCUT2D eigenvalue weighted by atomic mass is 127. The molecule has 1 atom stereocenters. The van der Waals surface area contributed by atoms with Gasteiger partial charge in [-0.2, -0.15) is 0 Å². The number of rotatable bonds is 3. The number of thioether (sulfide) groups is 1. The van der Waals surface area contributed by atoms with Crippen molar-refractivity contribution >= 4 is 40.3 Å². The van der Waals surface area contributed by atoms with Crippen LogP contribution in [-0.2, 0) is 4.74 Å². The molecule has 3 rings (SSSR count). The SMILES string of the molecule is CSc1ccc([C]2[CH][CH][C](I)[C]2C2=N[C@@H](C(C)(C)C)CO2)cc1. The van der Waals surface area contributed by atoms with E-state index in [1.165, 1.54) is 20.3 Å². The molecular weight excluding hydrogens is 417 g/mol. The molecule has 1 heterocycles. The maximum atomic E-state index is 5.97. The van der Waals surface area contributed by atoms with Crippen LogP contribution in [0.5, 0.6) is 0 Å². The highest BCUT2D eigenvalue weighted by Crippen LogP contribution is 2.50. The molecule has 1 saturated carbocycles. The Bertz CT molecular complexity index is 578. The smallest absolute Gasteiger partial charge is 0.193 e. The maximum Gasteiger partial charge on any atom is 0.193 e. The van der Waals surface area contributed by atoms with E-state index < -0.39 is 0 Å². The summed E-state index contributed by atoms with van der Waals surface area (Å²) in [6, 6.07) is 8.90. The molecule has 121 valence electrons. The molecule has 2 nitrogen and oxygen atoms in total. The lowest BCUT2D eigenvalue weighted by Gasteiger charge is -2.22. The zero-order valence-electron chi connectivity index (χ0n) is 13.9. The van der Waals surface area contributed by atoms with Gasteiger partial charge in [0.15, 0.2) is 5.90 Å². The van der Waals surface area contributed by atoms with Gasteiger partial charge in [-0.25, -0.2) is 4.99 Å². The van der Waals surface area contributed by atoms with Gasteiger partial charge >= 0.3 is 0 Å². The minimum Gasteiger partial charge on any atom is -0.478 e. The van der Waals surface area contributed by atoms with Crippen LogP contribution in [0.3, 0.4) is 0 Å². The van der Waals surface area contributed by atoms with Crippen molar-refractivity contribution in [3.8, 4) is 0 Å². The van der Waals surface area contributed by atoms with Crippen LogP contribution in [0.25, 0.3) is 0 Å². The number of hydrogen-bond acceptors (Lipinski definition) is 3. The largest absolute Gasteiger partial charge is 0.478 e. The normalized spacial score (nSPS) is 24.0. The van der Waals surface area contributed by atoms with E-state index in [1.54, 1.807) is 11.8 Å².